The molecule has 0 saturated carbocycles. The van der Waals surface area contributed by atoms with Gasteiger partial charge in [-0.05, 0) is 35.7 Å². The topological polar surface area (TPSA) is 66.4 Å². The van der Waals surface area contributed by atoms with Crippen LogP contribution in [0, 0.1) is 0 Å². The normalized spacial score (nSPS) is 15.8. The van der Waals surface area contributed by atoms with Crippen LogP contribution in [0.15, 0.2) is 42.5 Å². The minimum atomic E-state index is -1.05. The van der Waals surface area contributed by atoms with Crippen LogP contribution in [0.3, 0.4) is 0 Å². The number of nitrogens with one attached hydrogen (secondary N) is 1. The van der Waals surface area contributed by atoms with Gasteiger partial charge >= 0.3 is 5.97 Å². The Morgan fingerprint density at radius 2 is 1.95 bits per heavy atom. The number of amides is 1. The fraction of sp³-hybridized carbons (Fsp3) is 0.125. The smallest absolute Gasteiger partial charge is 0.335 e. The van der Waals surface area contributed by atoms with E-state index in [0.29, 0.717) is 12.1 Å². The van der Waals surface area contributed by atoms with Crippen LogP contribution in [-0.4, -0.2) is 17.0 Å². The largest absolute Gasteiger partial charge is 0.478 e. The maximum Gasteiger partial charge on any atom is 0.335 e. The molecule has 1 amide bonds. The van der Waals surface area contributed by atoms with Crippen molar-refractivity contribution in [2.45, 2.75) is 12.3 Å². The van der Waals surface area contributed by atoms with E-state index in [1.165, 1.54) is 23.8 Å². The first kappa shape index (κ1) is 13.6. The average molecular weight is 302 g/mol. The van der Waals surface area contributed by atoms with Crippen molar-refractivity contribution in [3.05, 3.63) is 64.2 Å². The molecule has 1 aliphatic rings. The Balaban J connectivity index is 1.76. The molecule has 0 aromatic heterocycles. The zero-order valence-electron chi connectivity index (χ0n) is 11.0. The maximum absolute atomic E-state index is 12.2. The maximum atomic E-state index is 12.2. The van der Waals surface area contributed by atoms with Gasteiger partial charge in [-0.2, -0.15) is 0 Å². The number of carbonyl (C=O) groups excluding carboxylic acids is 1. The molecule has 0 aliphatic heterocycles. The molecule has 2 aromatic carbocycles. The number of fused-ring (bicyclic) bond motifs is 1. The Morgan fingerprint density at radius 1 is 1.19 bits per heavy atom. The van der Waals surface area contributed by atoms with E-state index in [1.54, 1.807) is 0 Å². The SMILES string of the molecule is O=C(O)c1ccc(NC(=O)C2Cc3ccccc32)c(Cl)c1. The minimum Gasteiger partial charge on any atom is -0.478 e. The van der Waals surface area contributed by atoms with Gasteiger partial charge in [0.1, 0.15) is 0 Å². The summed E-state index contributed by atoms with van der Waals surface area (Å²) >= 11 is 6.01. The number of rotatable bonds is 3. The van der Waals surface area contributed by atoms with Crippen molar-refractivity contribution in [1.82, 2.24) is 0 Å². The summed E-state index contributed by atoms with van der Waals surface area (Å²) in [6.45, 7) is 0. The molecule has 0 fully saturated rings. The van der Waals surface area contributed by atoms with Crippen LogP contribution in [0.4, 0.5) is 5.69 Å². The first-order valence-corrected chi connectivity index (χ1v) is 6.85. The highest BCUT2D eigenvalue weighted by Gasteiger charge is 2.31. The van der Waals surface area contributed by atoms with Crippen molar-refractivity contribution in [3.8, 4) is 0 Å². The fourth-order valence-corrected chi connectivity index (χ4v) is 2.69. The first-order valence-electron chi connectivity index (χ1n) is 6.48. The van der Waals surface area contributed by atoms with E-state index >= 15 is 0 Å². The summed E-state index contributed by atoms with van der Waals surface area (Å²) in [6, 6.07) is 12.1. The number of carbonyl (C=O) groups is 2. The molecule has 0 bridgehead atoms. The predicted octanol–water partition coefficient (Wildman–Crippen LogP) is 3.32. The number of carboxylic acid groups (broad SMARTS) is 1. The van der Waals surface area contributed by atoms with Crippen LogP contribution >= 0.6 is 11.6 Å². The van der Waals surface area contributed by atoms with Gasteiger partial charge in [-0.15, -0.1) is 0 Å². The van der Waals surface area contributed by atoms with Crippen LogP contribution in [0.25, 0.3) is 0 Å². The lowest BCUT2D eigenvalue weighted by atomic mass is 9.77. The summed E-state index contributed by atoms with van der Waals surface area (Å²) in [4.78, 5) is 23.1. The third-order valence-electron chi connectivity index (χ3n) is 3.64. The molecule has 0 radical (unpaired) electrons. The fourth-order valence-electron chi connectivity index (χ4n) is 2.46. The lowest BCUT2D eigenvalue weighted by Crippen LogP contribution is -2.30. The van der Waals surface area contributed by atoms with Crippen molar-refractivity contribution < 1.29 is 14.7 Å². The number of benzene rings is 2. The Kier molecular flexibility index (Phi) is 3.39. The molecule has 2 N–H and O–H groups in total. The molecule has 21 heavy (non-hydrogen) atoms. The summed E-state index contributed by atoms with van der Waals surface area (Å²) in [5.41, 5.74) is 2.74. The van der Waals surface area contributed by atoms with E-state index in [4.69, 9.17) is 16.7 Å². The minimum absolute atomic E-state index is 0.0898. The molecule has 1 aliphatic carbocycles. The number of halogens is 1. The summed E-state index contributed by atoms with van der Waals surface area (Å²) in [5.74, 6) is -1.35. The highest BCUT2D eigenvalue weighted by Crippen LogP contribution is 2.36. The van der Waals surface area contributed by atoms with Gasteiger partial charge in [0.15, 0.2) is 0 Å². The highest BCUT2D eigenvalue weighted by atomic mass is 35.5. The monoisotopic (exact) mass is 301 g/mol. The predicted molar refractivity (Wildman–Crippen MR) is 79.9 cm³/mol. The highest BCUT2D eigenvalue weighted by molar-refractivity contribution is 6.34. The summed E-state index contributed by atoms with van der Waals surface area (Å²) < 4.78 is 0. The molecule has 3 rings (SSSR count). The molecule has 2 aromatic rings. The lowest BCUT2D eigenvalue weighted by Gasteiger charge is -2.29. The van der Waals surface area contributed by atoms with Crippen LogP contribution in [0.5, 0.6) is 0 Å². The van der Waals surface area contributed by atoms with E-state index < -0.39 is 5.97 Å². The third-order valence-corrected chi connectivity index (χ3v) is 3.96. The number of aromatic carboxylic acids is 1. The van der Waals surface area contributed by atoms with E-state index in [9.17, 15) is 9.59 Å². The molecule has 5 heteroatoms. The number of hydrogen-bond acceptors (Lipinski definition) is 2. The Bertz CT molecular complexity index is 742. The van der Waals surface area contributed by atoms with Crippen LogP contribution < -0.4 is 5.32 Å². The zero-order chi connectivity index (χ0) is 15.0. The second kappa shape index (κ2) is 5.22. The van der Waals surface area contributed by atoms with Crippen molar-refractivity contribution in [2.24, 2.45) is 0 Å². The molecular weight excluding hydrogens is 290 g/mol. The van der Waals surface area contributed by atoms with Gasteiger partial charge in [0, 0.05) is 0 Å². The van der Waals surface area contributed by atoms with E-state index in [-0.39, 0.29) is 22.4 Å². The van der Waals surface area contributed by atoms with E-state index in [0.717, 1.165) is 5.56 Å². The first-order chi connectivity index (χ1) is 10.1. The Morgan fingerprint density at radius 3 is 2.62 bits per heavy atom. The van der Waals surface area contributed by atoms with Crippen molar-refractivity contribution >= 4 is 29.2 Å². The van der Waals surface area contributed by atoms with E-state index in [1.807, 2.05) is 24.3 Å². The average Bonchev–Trinajstić information content (AvgIpc) is 2.42. The van der Waals surface area contributed by atoms with Gasteiger partial charge < -0.3 is 10.4 Å². The number of hydrogen-bond donors (Lipinski definition) is 2. The van der Waals surface area contributed by atoms with E-state index in [2.05, 4.69) is 5.32 Å². The van der Waals surface area contributed by atoms with Gasteiger partial charge in [-0.1, -0.05) is 35.9 Å². The molecule has 0 spiro atoms. The van der Waals surface area contributed by atoms with Gasteiger partial charge in [-0.25, -0.2) is 4.79 Å². The quantitative estimate of drug-likeness (QED) is 0.914. The van der Waals surface area contributed by atoms with Gasteiger partial charge in [0.2, 0.25) is 5.91 Å². The summed E-state index contributed by atoms with van der Waals surface area (Å²) in [5, 5.41) is 11.9. The molecular formula is C16H12ClNO3. The molecule has 1 atom stereocenters. The van der Waals surface area contributed by atoms with Crippen LogP contribution in [0.1, 0.15) is 27.4 Å². The Labute approximate surface area is 126 Å². The second-order valence-corrected chi connectivity index (χ2v) is 5.35. The zero-order valence-corrected chi connectivity index (χ0v) is 11.7. The molecule has 0 heterocycles. The van der Waals surface area contributed by atoms with Gasteiger partial charge in [0.05, 0.1) is 22.2 Å². The molecule has 106 valence electrons. The molecule has 1 unspecified atom stereocenters. The van der Waals surface area contributed by atoms with Crippen LogP contribution in [-0.2, 0) is 11.2 Å². The third kappa shape index (κ3) is 2.50. The standard InChI is InChI=1S/C16H12ClNO3/c17-13-8-10(16(20)21)5-6-14(13)18-15(19)12-7-9-3-1-2-4-11(9)12/h1-6,8,12H,7H2,(H,18,19)(H,20,21). The van der Waals surface area contributed by atoms with Crippen LogP contribution in [0.2, 0.25) is 5.02 Å². The Hall–Kier alpha value is -2.33. The van der Waals surface area contributed by atoms with Gasteiger partial charge in [-0.3, -0.25) is 4.79 Å². The molecule has 0 saturated heterocycles. The summed E-state index contributed by atoms with van der Waals surface area (Å²) in [6.07, 6.45) is 0.715. The number of carboxylic acids is 1. The number of anilines is 1. The lowest BCUT2D eigenvalue weighted by molar-refractivity contribution is -0.118. The summed E-state index contributed by atoms with van der Waals surface area (Å²) in [7, 11) is 0. The van der Waals surface area contributed by atoms with Gasteiger partial charge in [0.25, 0.3) is 0 Å². The van der Waals surface area contributed by atoms with Crippen molar-refractivity contribution in [1.29, 1.82) is 0 Å². The second-order valence-electron chi connectivity index (χ2n) is 4.94. The molecule has 4 nitrogen and oxygen atoms in total. The van der Waals surface area contributed by atoms with Crippen molar-refractivity contribution in [2.75, 3.05) is 5.32 Å². The van der Waals surface area contributed by atoms with Crippen molar-refractivity contribution in [3.63, 3.8) is 0 Å².